The van der Waals surface area contributed by atoms with E-state index in [2.05, 4.69) is 10.3 Å². The van der Waals surface area contributed by atoms with Crippen molar-refractivity contribution < 1.29 is 9.18 Å². The molecule has 9 heteroatoms. The summed E-state index contributed by atoms with van der Waals surface area (Å²) in [5.41, 5.74) is 2.33. The van der Waals surface area contributed by atoms with E-state index >= 15 is 0 Å². The largest absolute Gasteiger partial charge is 0.349 e. The molecule has 0 atom stereocenters. The Morgan fingerprint density at radius 1 is 1.09 bits per heavy atom. The molecule has 0 bridgehead atoms. The number of amides is 1. The van der Waals surface area contributed by atoms with Crippen LogP contribution < -0.4 is 10.9 Å². The van der Waals surface area contributed by atoms with Gasteiger partial charge in [0, 0.05) is 21.6 Å². The minimum Gasteiger partial charge on any atom is -0.349 e. The normalized spacial score (nSPS) is 11.2. The van der Waals surface area contributed by atoms with Crippen molar-refractivity contribution >= 4 is 56.9 Å². The molecule has 164 valence electrons. The van der Waals surface area contributed by atoms with Crippen molar-refractivity contribution in [3.63, 3.8) is 0 Å². The maximum atomic E-state index is 13.5. The first-order valence-corrected chi connectivity index (χ1v) is 11.3. The van der Waals surface area contributed by atoms with Gasteiger partial charge >= 0.3 is 0 Å². The molecule has 6 nitrogen and oxygen atoms in total. The third kappa shape index (κ3) is 4.22. The zero-order valence-corrected chi connectivity index (χ0v) is 18.6. The van der Waals surface area contributed by atoms with Crippen molar-refractivity contribution in [2.24, 2.45) is 0 Å². The maximum Gasteiger partial charge on any atom is 0.283 e. The number of para-hydroxylation sites is 1. The van der Waals surface area contributed by atoms with Crippen LogP contribution in [0.5, 0.6) is 0 Å². The van der Waals surface area contributed by atoms with E-state index in [0.717, 1.165) is 22.7 Å². The zero-order valence-electron chi connectivity index (χ0n) is 17.0. The van der Waals surface area contributed by atoms with E-state index in [1.807, 2.05) is 24.3 Å². The lowest BCUT2D eigenvalue weighted by Crippen LogP contribution is -2.23. The molecule has 3 aromatic carbocycles. The summed E-state index contributed by atoms with van der Waals surface area (Å²) in [4.78, 5) is 33.8. The van der Waals surface area contributed by atoms with Crippen LogP contribution in [0.4, 0.5) is 10.1 Å². The zero-order chi connectivity index (χ0) is 22.9. The number of thioether (sulfide) groups is 1. The first-order valence-electron chi connectivity index (χ1n) is 9.97. The van der Waals surface area contributed by atoms with E-state index < -0.39 is 5.82 Å². The Kier molecular flexibility index (Phi) is 5.62. The van der Waals surface area contributed by atoms with Crippen molar-refractivity contribution in [1.82, 2.24) is 14.5 Å². The highest BCUT2D eigenvalue weighted by Crippen LogP contribution is 2.26. The molecule has 0 aliphatic rings. The number of hydrogen-bond acceptors (Lipinski definition) is 4. The molecular weight excluding hydrogens is 463 g/mol. The fourth-order valence-corrected chi connectivity index (χ4v) is 4.55. The number of halogens is 2. The molecule has 2 N–H and O–H groups in total. The number of hydrogen-bond donors (Lipinski definition) is 2. The van der Waals surface area contributed by atoms with Gasteiger partial charge in [-0.05, 0) is 48.5 Å². The lowest BCUT2D eigenvalue weighted by molar-refractivity contribution is -0.113. The van der Waals surface area contributed by atoms with Crippen molar-refractivity contribution in [3.8, 4) is 5.69 Å². The number of rotatable bonds is 5. The van der Waals surface area contributed by atoms with E-state index in [9.17, 15) is 14.0 Å². The molecule has 0 fully saturated rings. The number of carbonyl (C=O) groups is 1. The first-order chi connectivity index (χ1) is 16.0. The molecule has 0 spiro atoms. The molecule has 33 heavy (non-hydrogen) atoms. The van der Waals surface area contributed by atoms with Crippen LogP contribution >= 0.6 is 23.4 Å². The van der Waals surface area contributed by atoms with Gasteiger partial charge in [-0.1, -0.05) is 47.6 Å². The summed E-state index contributed by atoms with van der Waals surface area (Å²) < 4.78 is 14.9. The smallest absolute Gasteiger partial charge is 0.283 e. The van der Waals surface area contributed by atoms with Crippen LogP contribution in [-0.4, -0.2) is 26.2 Å². The Morgan fingerprint density at radius 3 is 2.67 bits per heavy atom. The molecule has 2 aromatic heterocycles. The molecule has 0 radical (unpaired) electrons. The Bertz CT molecular complexity index is 1560. The Hall–Kier alpha value is -3.62. The SMILES string of the molecule is O=C(CSc1nc2c([nH]c3ccccc32)c(=O)n1-c1ccc(F)cc1)Nc1cccc(Cl)c1. The summed E-state index contributed by atoms with van der Waals surface area (Å²) in [7, 11) is 0. The summed E-state index contributed by atoms with van der Waals surface area (Å²) in [6.07, 6.45) is 0. The predicted octanol–water partition coefficient (Wildman–Crippen LogP) is 5.39. The molecule has 0 unspecified atom stereocenters. The predicted molar refractivity (Wildman–Crippen MR) is 130 cm³/mol. The number of fused-ring (bicyclic) bond motifs is 3. The number of nitrogens with one attached hydrogen (secondary N) is 2. The molecule has 0 aliphatic heterocycles. The van der Waals surface area contributed by atoms with Gasteiger partial charge in [0.1, 0.15) is 16.9 Å². The molecule has 1 amide bonds. The van der Waals surface area contributed by atoms with Crippen LogP contribution in [0.25, 0.3) is 27.6 Å². The van der Waals surface area contributed by atoms with Crippen LogP contribution in [0.1, 0.15) is 0 Å². The number of H-pyrrole nitrogens is 1. The third-order valence-electron chi connectivity index (χ3n) is 5.02. The van der Waals surface area contributed by atoms with Crippen molar-refractivity contribution in [3.05, 3.63) is 94.0 Å². The van der Waals surface area contributed by atoms with Gasteiger partial charge in [0.15, 0.2) is 5.16 Å². The van der Waals surface area contributed by atoms with Gasteiger partial charge < -0.3 is 10.3 Å². The highest BCUT2D eigenvalue weighted by atomic mass is 35.5. The van der Waals surface area contributed by atoms with Gasteiger partial charge in [0.2, 0.25) is 5.91 Å². The topological polar surface area (TPSA) is 79.8 Å². The second-order valence-corrected chi connectivity index (χ2v) is 8.63. The lowest BCUT2D eigenvalue weighted by Gasteiger charge is -2.12. The lowest BCUT2D eigenvalue weighted by atomic mass is 10.2. The van der Waals surface area contributed by atoms with E-state index in [1.54, 1.807) is 24.3 Å². The number of benzene rings is 3. The van der Waals surface area contributed by atoms with Gasteiger partial charge in [-0.25, -0.2) is 9.37 Å². The highest BCUT2D eigenvalue weighted by molar-refractivity contribution is 7.99. The summed E-state index contributed by atoms with van der Waals surface area (Å²) >= 11 is 7.09. The Balaban J connectivity index is 1.56. The van der Waals surface area contributed by atoms with Crippen LogP contribution in [0, 0.1) is 5.82 Å². The van der Waals surface area contributed by atoms with Crippen LogP contribution in [0.3, 0.4) is 0 Å². The fourth-order valence-electron chi connectivity index (χ4n) is 3.55. The van der Waals surface area contributed by atoms with Crippen LogP contribution in [0.15, 0.2) is 82.7 Å². The van der Waals surface area contributed by atoms with Gasteiger partial charge in [-0.2, -0.15) is 0 Å². The summed E-state index contributed by atoms with van der Waals surface area (Å²) in [6.45, 7) is 0. The molecule has 5 rings (SSSR count). The number of carbonyl (C=O) groups excluding carboxylic acids is 1. The number of aromatic amines is 1. The Labute approximate surface area is 196 Å². The maximum absolute atomic E-state index is 13.5. The van der Waals surface area contributed by atoms with Gasteiger partial charge in [-0.3, -0.25) is 14.2 Å². The summed E-state index contributed by atoms with van der Waals surface area (Å²) in [6, 6.07) is 19.9. The van der Waals surface area contributed by atoms with Gasteiger partial charge in [-0.15, -0.1) is 0 Å². The van der Waals surface area contributed by atoms with Crippen molar-refractivity contribution in [2.75, 3.05) is 11.1 Å². The van der Waals surface area contributed by atoms with Gasteiger partial charge in [0.25, 0.3) is 5.56 Å². The van der Waals surface area contributed by atoms with Crippen LogP contribution in [-0.2, 0) is 4.79 Å². The monoisotopic (exact) mass is 478 g/mol. The molecule has 0 saturated carbocycles. The Morgan fingerprint density at radius 2 is 1.88 bits per heavy atom. The molecule has 0 saturated heterocycles. The van der Waals surface area contributed by atoms with E-state index in [-0.39, 0.29) is 17.2 Å². The number of anilines is 1. The summed E-state index contributed by atoms with van der Waals surface area (Å²) in [5.74, 6) is -0.684. The van der Waals surface area contributed by atoms with E-state index in [0.29, 0.717) is 32.6 Å². The highest BCUT2D eigenvalue weighted by Gasteiger charge is 2.18. The van der Waals surface area contributed by atoms with E-state index in [1.165, 1.54) is 28.8 Å². The quantitative estimate of drug-likeness (QED) is 0.262. The average Bonchev–Trinajstić information content (AvgIpc) is 3.18. The fraction of sp³-hybridized carbons (Fsp3) is 0.0417. The molecule has 0 aliphatic carbocycles. The second-order valence-electron chi connectivity index (χ2n) is 7.25. The minimum absolute atomic E-state index is 0.00795. The van der Waals surface area contributed by atoms with E-state index in [4.69, 9.17) is 16.6 Å². The number of nitrogens with zero attached hydrogens (tertiary/aromatic N) is 2. The number of aromatic nitrogens is 3. The van der Waals surface area contributed by atoms with Crippen molar-refractivity contribution in [1.29, 1.82) is 0 Å². The van der Waals surface area contributed by atoms with Crippen LogP contribution in [0.2, 0.25) is 5.02 Å². The second kappa shape index (κ2) is 8.73. The van der Waals surface area contributed by atoms with Crippen molar-refractivity contribution in [2.45, 2.75) is 5.16 Å². The summed E-state index contributed by atoms with van der Waals surface area (Å²) in [5, 5.41) is 4.42. The molecule has 5 aromatic rings. The van der Waals surface area contributed by atoms with Gasteiger partial charge in [0.05, 0.1) is 11.4 Å². The first kappa shape index (κ1) is 21.2. The average molecular weight is 479 g/mol. The molecular formula is C24H16ClFN4O2S. The standard InChI is InChI=1S/C24H16ClFN4O2S/c25-14-4-3-5-16(12-14)27-20(31)13-33-24-29-21-18-6-1-2-7-19(18)28-22(21)23(32)30(24)17-10-8-15(26)9-11-17/h1-12,28H,13H2,(H,27,31). The molecule has 2 heterocycles. The third-order valence-corrected chi connectivity index (χ3v) is 6.19. The minimum atomic E-state index is -0.415.